The number of rotatable bonds is 6. The predicted molar refractivity (Wildman–Crippen MR) is 107 cm³/mol. The van der Waals surface area contributed by atoms with Gasteiger partial charge in [-0.1, -0.05) is 48.5 Å². The molecule has 28 heavy (non-hydrogen) atoms. The zero-order valence-electron chi connectivity index (χ0n) is 15.3. The second-order valence-electron chi connectivity index (χ2n) is 6.47. The number of nitrogens with one attached hydrogen (secondary N) is 2. The number of amides is 2. The Kier molecular flexibility index (Phi) is 5.69. The number of aliphatic carboxylic acids is 1. The van der Waals surface area contributed by atoms with Crippen LogP contribution < -0.4 is 10.6 Å². The molecule has 3 aromatic rings. The van der Waals surface area contributed by atoms with E-state index in [1.807, 2.05) is 42.5 Å². The molecule has 3 rings (SSSR count). The van der Waals surface area contributed by atoms with Crippen LogP contribution in [0.3, 0.4) is 0 Å². The van der Waals surface area contributed by atoms with Crippen molar-refractivity contribution in [1.29, 1.82) is 0 Å². The summed E-state index contributed by atoms with van der Waals surface area (Å²) in [5.41, 5.74) is 1.59. The van der Waals surface area contributed by atoms with Crippen LogP contribution in [0.4, 0.5) is 5.69 Å². The fraction of sp³-hybridized carbons (Fsp3) is 0.136. The van der Waals surface area contributed by atoms with Crippen LogP contribution in [0.25, 0.3) is 10.8 Å². The molecule has 6 nitrogen and oxygen atoms in total. The maximum absolute atomic E-state index is 12.6. The van der Waals surface area contributed by atoms with Crippen LogP contribution in [0.5, 0.6) is 0 Å². The molecule has 0 bridgehead atoms. The summed E-state index contributed by atoms with van der Waals surface area (Å²) in [5.74, 6) is -1.88. The largest absolute Gasteiger partial charge is 0.480 e. The maximum Gasteiger partial charge on any atom is 0.326 e. The highest BCUT2D eigenvalue weighted by Crippen LogP contribution is 2.20. The molecule has 6 heteroatoms. The van der Waals surface area contributed by atoms with Crippen molar-refractivity contribution in [3.05, 3.63) is 77.9 Å². The average molecular weight is 376 g/mol. The van der Waals surface area contributed by atoms with E-state index in [0.29, 0.717) is 5.69 Å². The van der Waals surface area contributed by atoms with Gasteiger partial charge in [-0.25, -0.2) is 4.79 Å². The van der Waals surface area contributed by atoms with Gasteiger partial charge in [0.25, 0.3) is 5.91 Å². The Morgan fingerprint density at radius 2 is 1.68 bits per heavy atom. The first kappa shape index (κ1) is 19.1. The number of fused-ring (bicyclic) bond motifs is 1. The topological polar surface area (TPSA) is 95.5 Å². The number of carbonyl (C=O) groups excluding carboxylic acids is 2. The molecule has 0 aliphatic rings. The van der Waals surface area contributed by atoms with Gasteiger partial charge in [-0.3, -0.25) is 9.59 Å². The first-order valence-electron chi connectivity index (χ1n) is 8.82. The number of benzene rings is 3. The van der Waals surface area contributed by atoms with E-state index in [4.69, 9.17) is 0 Å². The first-order chi connectivity index (χ1) is 13.4. The van der Waals surface area contributed by atoms with Gasteiger partial charge in [-0.05, 0) is 34.5 Å². The van der Waals surface area contributed by atoms with E-state index >= 15 is 0 Å². The number of carboxylic acids is 1. The maximum atomic E-state index is 12.6. The summed E-state index contributed by atoms with van der Waals surface area (Å²) in [5, 5.41) is 16.7. The number of hydrogen-bond donors (Lipinski definition) is 3. The lowest BCUT2D eigenvalue weighted by Crippen LogP contribution is -2.42. The van der Waals surface area contributed by atoms with E-state index in [2.05, 4.69) is 10.6 Å². The number of carbonyl (C=O) groups is 3. The number of hydrogen-bond acceptors (Lipinski definition) is 3. The molecule has 142 valence electrons. The van der Waals surface area contributed by atoms with Crippen molar-refractivity contribution < 1.29 is 19.5 Å². The summed E-state index contributed by atoms with van der Waals surface area (Å²) in [6.07, 6.45) is 0.161. The summed E-state index contributed by atoms with van der Waals surface area (Å²) >= 11 is 0. The van der Waals surface area contributed by atoms with E-state index in [9.17, 15) is 19.5 Å². The van der Waals surface area contributed by atoms with Gasteiger partial charge in [0.2, 0.25) is 5.91 Å². The van der Waals surface area contributed by atoms with Crippen LogP contribution in [-0.2, 0) is 16.0 Å². The molecular formula is C22H20N2O4. The smallest absolute Gasteiger partial charge is 0.326 e. The van der Waals surface area contributed by atoms with Crippen LogP contribution in [-0.4, -0.2) is 28.9 Å². The van der Waals surface area contributed by atoms with Gasteiger partial charge in [0.15, 0.2) is 0 Å². The van der Waals surface area contributed by atoms with Gasteiger partial charge in [-0.2, -0.15) is 0 Å². The molecule has 0 unspecified atom stereocenters. The van der Waals surface area contributed by atoms with Crippen molar-refractivity contribution in [1.82, 2.24) is 5.32 Å². The lowest BCUT2D eigenvalue weighted by molar-refractivity contribution is -0.139. The molecule has 0 aliphatic heterocycles. The van der Waals surface area contributed by atoms with Crippen LogP contribution >= 0.6 is 0 Å². The molecule has 0 heterocycles. The van der Waals surface area contributed by atoms with Crippen molar-refractivity contribution in [2.24, 2.45) is 0 Å². The van der Waals surface area contributed by atoms with Crippen LogP contribution in [0.2, 0.25) is 0 Å². The Morgan fingerprint density at radius 3 is 2.43 bits per heavy atom. The summed E-state index contributed by atoms with van der Waals surface area (Å²) in [6, 6.07) is 18.7. The number of carboxylic acid groups (broad SMARTS) is 1. The third-order valence-electron chi connectivity index (χ3n) is 4.35. The Bertz CT molecular complexity index is 1040. The van der Waals surface area contributed by atoms with Gasteiger partial charge in [0.05, 0.1) is 0 Å². The number of anilines is 1. The highest BCUT2D eigenvalue weighted by molar-refractivity contribution is 5.98. The third kappa shape index (κ3) is 4.54. The first-order valence-corrected chi connectivity index (χ1v) is 8.82. The Morgan fingerprint density at radius 1 is 0.964 bits per heavy atom. The Balaban J connectivity index is 1.80. The highest BCUT2D eigenvalue weighted by Gasteiger charge is 2.22. The minimum absolute atomic E-state index is 0.161. The summed E-state index contributed by atoms with van der Waals surface area (Å²) < 4.78 is 0. The van der Waals surface area contributed by atoms with E-state index in [1.54, 1.807) is 18.2 Å². The van der Waals surface area contributed by atoms with E-state index in [-0.39, 0.29) is 17.9 Å². The lowest BCUT2D eigenvalue weighted by Gasteiger charge is -2.16. The average Bonchev–Trinajstić information content (AvgIpc) is 2.67. The normalized spacial score (nSPS) is 11.6. The molecular weight excluding hydrogens is 356 g/mol. The van der Waals surface area contributed by atoms with Gasteiger partial charge in [-0.15, -0.1) is 0 Å². The third-order valence-corrected chi connectivity index (χ3v) is 4.35. The molecule has 0 aliphatic carbocycles. The monoisotopic (exact) mass is 376 g/mol. The molecule has 3 aromatic carbocycles. The molecule has 0 spiro atoms. The Hall–Kier alpha value is -3.67. The SMILES string of the molecule is CC(=O)Nc1cccc(C(=O)N[C@H](Cc2cccc3ccccc23)C(=O)O)c1. The zero-order valence-corrected chi connectivity index (χ0v) is 15.3. The van der Waals surface area contributed by atoms with Crippen molar-refractivity contribution in [2.75, 3.05) is 5.32 Å². The molecule has 3 N–H and O–H groups in total. The highest BCUT2D eigenvalue weighted by atomic mass is 16.4. The molecule has 2 amide bonds. The van der Waals surface area contributed by atoms with Crippen molar-refractivity contribution >= 4 is 34.2 Å². The standard InChI is InChI=1S/C22H20N2O4/c1-14(25)23-18-10-5-9-17(12-18)21(26)24-20(22(27)28)13-16-8-4-7-15-6-2-3-11-19(15)16/h2-12,20H,13H2,1H3,(H,23,25)(H,24,26)(H,27,28)/t20-/m1/s1. The summed E-state index contributed by atoms with van der Waals surface area (Å²) in [6.45, 7) is 1.37. The molecule has 0 radical (unpaired) electrons. The van der Waals surface area contributed by atoms with Gasteiger partial charge in [0, 0.05) is 24.6 Å². The fourth-order valence-corrected chi connectivity index (χ4v) is 3.07. The predicted octanol–water partition coefficient (Wildman–Crippen LogP) is 3.22. The lowest BCUT2D eigenvalue weighted by atomic mass is 9.98. The van der Waals surface area contributed by atoms with Crippen molar-refractivity contribution in [3.8, 4) is 0 Å². The van der Waals surface area contributed by atoms with E-state index in [0.717, 1.165) is 16.3 Å². The van der Waals surface area contributed by atoms with Crippen molar-refractivity contribution in [3.63, 3.8) is 0 Å². The summed E-state index contributed by atoms with van der Waals surface area (Å²) in [7, 11) is 0. The van der Waals surface area contributed by atoms with Gasteiger partial charge >= 0.3 is 5.97 Å². The van der Waals surface area contributed by atoms with E-state index < -0.39 is 17.9 Å². The zero-order chi connectivity index (χ0) is 20.1. The molecule has 0 saturated carbocycles. The molecule has 0 saturated heterocycles. The van der Waals surface area contributed by atoms with Crippen molar-refractivity contribution in [2.45, 2.75) is 19.4 Å². The molecule has 0 aromatic heterocycles. The fourth-order valence-electron chi connectivity index (χ4n) is 3.07. The second kappa shape index (κ2) is 8.35. The summed E-state index contributed by atoms with van der Waals surface area (Å²) in [4.78, 5) is 35.5. The van der Waals surface area contributed by atoms with Crippen LogP contribution in [0.1, 0.15) is 22.8 Å². The molecule has 1 atom stereocenters. The molecule has 0 fully saturated rings. The van der Waals surface area contributed by atoms with Gasteiger partial charge < -0.3 is 15.7 Å². The second-order valence-corrected chi connectivity index (χ2v) is 6.47. The van der Waals surface area contributed by atoms with E-state index in [1.165, 1.54) is 13.0 Å². The Labute approximate surface area is 162 Å². The quantitative estimate of drug-likeness (QED) is 0.615. The van der Waals surface area contributed by atoms with Crippen LogP contribution in [0, 0.1) is 0 Å². The minimum Gasteiger partial charge on any atom is -0.480 e. The minimum atomic E-state index is -1.11. The van der Waals surface area contributed by atoms with Crippen LogP contribution in [0.15, 0.2) is 66.7 Å². The van der Waals surface area contributed by atoms with Gasteiger partial charge in [0.1, 0.15) is 6.04 Å².